The van der Waals surface area contributed by atoms with Crippen LogP contribution >= 0.6 is 23.2 Å². The van der Waals surface area contributed by atoms with E-state index >= 15 is 0 Å². The molecule has 1 aromatic rings. The Hall–Kier alpha value is -1.02. The van der Waals surface area contributed by atoms with E-state index in [-0.39, 0.29) is 32.7 Å². The predicted octanol–water partition coefficient (Wildman–Crippen LogP) is 1.63. The Labute approximate surface area is 125 Å². The van der Waals surface area contributed by atoms with Crippen LogP contribution in [0.5, 0.6) is 5.75 Å². The highest BCUT2D eigenvalue weighted by atomic mass is 35.5. The van der Waals surface area contributed by atoms with E-state index in [1.807, 2.05) is 0 Å². The van der Waals surface area contributed by atoms with E-state index in [2.05, 4.69) is 0 Å². The van der Waals surface area contributed by atoms with Crippen molar-refractivity contribution in [2.45, 2.75) is 17.4 Å². The Morgan fingerprint density at radius 3 is 2.55 bits per heavy atom. The number of ether oxygens (including phenoxy) is 1. The van der Waals surface area contributed by atoms with Gasteiger partial charge in [0.05, 0.1) is 9.92 Å². The molecule has 0 aliphatic carbocycles. The minimum absolute atomic E-state index is 0.00289. The van der Waals surface area contributed by atoms with Crippen LogP contribution in [0, 0.1) is 0 Å². The van der Waals surface area contributed by atoms with Crippen molar-refractivity contribution < 1.29 is 23.1 Å². The first-order chi connectivity index (χ1) is 9.16. The molecule has 6 nitrogen and oxygen atoms in total. The molecule has 1 unspecified atom stereocenters. The first kappa shape index (κ1) is 15.4. The maximum atomic E-state index is 12.3. The molecule has 0 radical (unpaired) electrons. The number of carboxylic acids is 1. The quantitative estimate of drug-likeness (QED) is 0.904. The van der Waals surface area contributed by atoms with E-state index < -0.39 is 22.1 Å². The van der Waals surface area contributed by atoms with Gasteiger partial charge in [0, 0.05) is 26.1 Å². The van der Waals surface area contributed by atoms with Gasteiger partial charge in [-0.2, -0.15) is 0 Å². The number of carboxylic acid groups (broad SMARTS) is 1. The number of aliphatic carboxylic acids is 1. The molecule has 1 aliphatic heterocycles. The summed E-state index contributed by atoms with van der Waals surface area (Å²) in [5, 5.41) is 9.00. The molecule has 20 heavy (non-hydrogen) atoms. The van der Waals surface area contributed by atoms with Gasteiger partial charge in [0.25, 0.3) is 0 Å². The van der Waals surface area contributed by atoms with E-state index in [9.17, 15) is 13.2 Å². The summed E-state index contributed by atoms with van der Waals surface area (Å²) in [6, 6.07) is 1.21. The van der Waals surface area contributed by atoms with Gasteiger partial charge in [0.1, 0.15) is 10.8 Å². The number of rotatable bonds is 3. The molecule has 0 amide bonds. The van der Waals surface area contributed by atoms with Gasteiger partial charge >= 0.3 is 5.97 Å². The highest BCUT2D eigenvalue weighted by Gasteiger charge is 2.37. The maximum absolute atomic E-state index is 12.3. The predicted molar refractivity (Wildman–Crippen MR) is 73.1 cm³/mol. The van der Waals surface area contributed by atoms with Crippen LogP contribution in [0.25, 0.3) is 0 Å². The van der Waals surface area contributed by atoms with Crippen molar-refractivity contribution in [3.63, 3.8) is 0 Å². The van der Waals surface area contributed by atoms with Gasteiger partial charge in [-0.1, -0.05) is 23.2 Å². The van der Waals surface area contributed by atoms with Gasteiger partial charge < -0.3 is 9.84 Å². The summed E-state index contributed by atoms with van der Waals surface area (Å²) in [7, 11) is -1.03. The van der Waals surface area contributed by atoms with Gasteiger partial charge in [0.15, 0.2) is 6.10 Å². The Bertz CT molecular complexity index is 687. The Balaban J connectivity index is 2.68. The fourth-order valence-corrected chi connectivity index (χ4v) is 3.49. The van der Waals surface area contributed by atoms with Crippen LogP contribution in [0.4, 0.5) is 0 Å². The topological polar surface area (TPSA) is 83.9 Å². The number of hydrogen-bond acceptors (Lipinski definition) is 4. The molecule has 0 bridgehead atoms. The number of carbonyl (C=O) groups is 1. The molecular weight excluding hydrogens is 329 g/mol. The molecule has 2 rings (SSSR count). The molecule has 0 fully saturated rings. The lowest BCUT2D eigenvalue weighted by molar-refractivity contribution is -0.144. The highest BCUT2D eigenvalue weighted by Crippen LogP contribution is 2.44. The Morgan fingerprint density at radius 1 is 1.45 bits per heavy atom. The zero-order chi connectivity index (χ0) is 15.2. The Kier molecular flexibility index (Phi) is 3.90. The second kappa shape index (κ2) is 5.07. The molecule has 110 valence electrons. The summed E-state index contributed by atoms with van der Waals surface area (Å²) in [5.74, 6) is -1.17. The van der Waals surface area contributed by atoms with Crippen LogP contribution in [0.3, 0.4) is 0 Å². The van der Waals surface area contributed by atoms with Crippen molar-refractivity contribution in [1.29, 1.82) is 0 Å². The van der Waals surface area contributed by atoms with Crippen molar-refractivity contribution in [3.8, 4) is 5.75 Å². The van der Waals surface area contributed by atoms with E-state index in [1.165, 1.54) is 20.2 Å². The summed E-state index contributed by atoms with van der Waals surface area (Å²) in [5.41, 5.74) is 0.237. The van der Waals surface area contributed by atoms with Crippen molar-refractivity contribution >= 4 is 39.2 Å². The molecule has 1 aromatic carbocycles. The normalized spacial score (nSPS) is 17.9. The average Bonchev–Trinajstić information content (AvgIpc) is 2.78. The number of sulfonamides is 1. The highest BCUT2D eigenvalue weighted by molar-refractivity contribution is 7.89. The Morgan fingerprint density at radius 2 is 2.05 bits per heavy atom. The first-order valence-corrected chi connectivity index (χ1v) is 7.68. The summed E-state index contributed by atoms with van der Waals surface area (Å²) in [6.45, 7) is 0. The van der Waals surface area contributed by atoms with E-state index in [0.717, 1.165) is 4.31 Å². The zero-order valence-electron chi connectivity index (χ0n) is 10.6. The molecule has 1 aliphatic rings. The molecule has 1 N–H and O–H groups in total. The van der Waals surface area contributed by atoms with Gasteiger partial charge in [-0.15, -0.1) is 0 Å². The largest absolute Gasteiger partial charge is 0.478 e. The summed E-state index contributed by atoms with van der Waals surface area (Å²) < 4.78 is 30.7. The van der Waals surface area contributed by atoms with Crippen molar-refractivity contribution in [2.24, 2.45) is 0 Å². The van der Waals surface area contributed by atoms with Crippen LogP contribution in [0.1, 0.15) is 5.56 Å². The second-order valence-corrected chi connectivity index (χ2v) is 7.32. The van der Waals surface area contributed by atoms with Crippen LogP contribution in [-0.2, 0) is 21.2 Å². The monoisotopic (exact) mass is 339 g/mol. The lowest BCUT2D eigenvalue weighted by atomic mass is 10.1. The van der Waals surface area contributed by atoms with Gasteiger partial charge in [-0.25, -0.2) is 17.5 Å². The van der Waals surface area contributed by atoms with Crippen LogP contribution in [-0.4, -0.2) is 44.0 Å². The number of nitrogens with zero attached hydrogens (tertiary/aromatic N) is 1. The van der Waals surface area contributed by atoms with Crippen LogP contribution in [0.2, 0.25) is 10.0 Å². The fraction of sp³-hybridized carbons (Fsp3) is 0.364. The van der Waals surface area contributed by atoms with E-state index in [4.69, 9.17) is 33.0 Å². The third-order valence-electron chi connectivity index (χ3n) is 2.92. The molecular formula is C11H11Cl2NO5S. The van der Waals surface area contributed by atoms with E-state index in [1.54, 1.807) is 0 Å². The van der Waals surface area contributed by atoms with E-state index in [0.29, 0.717) is 0 Å². The lowest BCUT2D eigenvalue weighted by Gasteiger charge is -2.15. The molecule has 9 heteroatoms. The molecule has 0 spiro atoms. The van der Waals surface area contributed by atoms with Gasteiger partial charge in [0.2, 0.25) is 10.0 Å². The molecule has 1 heterocycles. The van der Waals surface area contributed by atoms with Crippen LogP contribution in [0.15, 0.2) is 11.0 Å². The minimum Gasteiger partial charge on any atom is -0.478 e. The molecule has 1 atom stereocenters. The standard InChI is InChI=1S/C11H11Cl2NO5S/c1-14(2)20(17,18)8-4-6(12)9(13)10-5(8)3-7(19-10)11(15)16/h4,7H,3H2,1-2H3,(H,15,16). The number of halogens is 2. The van der Waals surface area contributed by atoms with Crippen molar-refractivity contribution in [2.75, 3.05) is 14.1 Å². The summed E-state index contributed by atoms with van der Waals surface area (Å²) in [6.07, 6.45) is -1.25. The number of hydrogen-bond donors (Lipinski definition) is 1. The fourth-order valence-electron chi connectivity index (χ4n) is 1.87. The summed E-state index contributed by atoms with van der Waals surface area (Å²) >= 11 is 11.8. The van der Waals surface area contributed by atoms with Crippen LogP contribution < -0.4 is 4.74 Å². The van der Waals surface area contributed by atoms with Crippen molar-refractivity contribution in [1.82, 2.24) is 4.31 Å². The maximum Gasteiger partial charge on any atom is 0.345 e. The third kappa shape index (κ3) is 2.35. The van der Waals surface area contributed by atoms with Crippen molar-refractivity contribution in [3.05, 3.63) is 21.7 Å². The number of benzene rings is 1. The first-order valence-electron chi connectivity index (χ1n) is 5.49. The zero-order valence-corrected chi connectivity index (χ0v) is 12.9. The molecule has 0 saturated heterocycles. The smallest absolute Gasteiger partial charge is 0.345 e. The molecule has 0 aromatic heterocycles. The average molecular weight is 340 g/mol. The molecule has 0 saturated carbocycles. The number of fused-ring (bicyclic) bond motifs is 1. The third-order valence-corrected chi connectivity index (χ3v) is 5.57. The second-order valence-electron chi connectivity index (χ2n) is 4.41. The summed E-state index contributed by atoms with van der Waals surface area (Å²) in [4.78, 5) is 10.9. The van der Waals surface area contributed by atoms with Gasteiger partial charge in [-0.3, -0.25) is 0 Å². The lowest BCUT2D eigenvalue weighted by Crippen LogP contribution is -2.25. The minimum atomic E-state index is -3.77. The van der Waals surface area contributed by atoms with Gasteiger partial charge in [-0.05, 0) is 6.07 Å². The SMILES string of the molecule is CN(C)S(=O)(=O)c1cc(Cl)c(Cl)c2c1CC(C(=O)O)O2.